The number of nitrogen functional groups attached to an aromatic ring is 1. The first-order valence-corrected chi connectivity index (χ1v) is 12.1. The van der Waals surface area contributed by atoms with Gasteiger partial charge in [-0.05, 0) is 45.9 Å². The minimum absolute atomic E-state index is 0.0292. The predicted octanol–water partition coefficient (Wildman–Crippen LogP) is 2.11. The molecular weight excluding hydrogens is 460 g/mol. The first kappa shape index (κ1) is 25.4. The Balaban J connectivity index is 1.82. The second kappa shape index (κ2) is 10.5. The molecule has 4 rings (SSSR count). The molecule has 1 saturated heterocycles. The summed E-state index contributed by atoms with van der Waals surface area (Å²) in [5.74, 6) is 1.82. The highest BCUT2D eigenvalue weighted by Gasteiger charge is 2.36. The number of carbonyl (C=O) groups is 1. The number of nitrogens with two attached hydrogens (primary N) is 1. The van der Waals surface area contributed by atoms with E-state index in [2.05, 4.69) is 20.3 Å². The summed E-state index contributed by atoms with van der Waals surface area (Å²) >= 11 is 0. The molecular formula is C25H34N8O3. The standard InChI is InChI=1S/C25H34N8O3/c1-14(2)33(15(3)4)24(34)18-13-27-9-10-32(18)23-21-22(30-25(26)31-23)28-12-17(29-21)16-7-8-19(35-5)20(11-16)36-6/h7-8,11-12,14-15,18,27H,9-10,13H2,1-6H3,(H2,26,28,30,31). The van der Waals surface area contributed by atoms with Crippen molar-refractivity contribution in [1.82, 2.24) is 30.2 Å². The van der Waals surface area contributed by atoms with Crippen molar-refractivity contribution in [3.05, 3.63) is 24.4 Å². The fraction of sp³-hybridized carbons (Fsp3) is 0.480. The van der Waals surface area contributed by atoms with Crippen molar-refractivity contribution in [2.24, 2.45) is 0 Å². The quantitative estimate of drug-likeness (QED) is 0.503. The average Bonchev–Trinajstić information content (AvgIpc) is 2.87. The van der Waals surface area contributed by atoms with Crippen LogP contribution in [0.5, 0.6) is 11.5 Å². The molecule has 2 aromatic heterocycles. The van der Waals surface area contributed by atoms with Gasteiger partial charge in [-0.2, -0.15) is 9.97 Å². The number of hydrogen-bond donors (Lipinski definition) is 2. The topological polar surface area (TPSA) is 132 Å². The van der Waals surface area contributed by atoms with Crippen LogP contribution in [-0.2, 0) is 4.79 Å². The lowest BCUT2D eigenvalue weighted by molar-refractivity contribution is -0.136. The fourth-order valence-electron chi connectivity index (χ4n) is 4.70. The largest absolute Gasteiger partial charge is 0.493 e. The Labute approximate surface area is 211 Å². The lowest BCUT2D eigenvalue weighted by atomic mass is 10.1. The number of rotatable bonds is 7. The second-order valence-corrected chi connectivity index (χ2v) is 9.25. The summed E-state index contributed by atoms with van der Waals surface area (Å²) in [6, 6.07) is 5.20. The van der Waals surface area contributed by atoms with E-state index in [0.29, 0.717) is 53.8 Å². The van der Waals surface area contributed by atoms with Gasteiger partial charge in [-0.3, -0.25) is 4.79 Å². The monoisotopic (exact) mass is 494 g/mol. The molecule has 36 heavy (non-hydrogen) atoms. The van der Waals surface area contributed by atoms with Crippen molar-refractivity contribution in [2.75, 3.05) is 44.5 Å². The number of carbonyl (C=O) groups excluding carboxylic acids is 1. The molecule has 1 aliphatic rings. The first-order valence-electron chi connectivity index (χ1n) is 12.1. The number of piperazine rings is 1. The number of amides is 1. The summed E-state index contributed by atoms with van der Waals surface area (Å²) in [4.78, 5) is 35.8. The van der Waals surface area contributed by atoms with E-state index >= 15 is 0 Å². The van der Waals surface area contributed by atoms with Crippen LogP contribution in [0.2, 0.25) is 0 Å². The van der Waals surface area contributed by atoms with E-state index in [1.165, 1.54) is 0 Å². The van der Waals surface area contributed by atoms with Gasteiger partial charge in [-0.1, -0.05) is 0 Å². The lowest BCUT2D eigenvalue weighted by Gasteiger charge is -2.41. The van der Waals surface area contributed by atoms with Crippen LogP contribution >= 0.6 is 0 Å². The van der Waals surface area contributed by atoms with E-state index in [4.69, 9.17) is 20.2 Å². The summed E-state index contributed by atoms with van der Waals surface area (Å²) in [7, 11) is 3.17. The molecule has 1 atom stereocenters. The lowest BCUT2D eigenvalue weighted by Crippen LogP contribution is -2.61. The van der Waals surface area contributed by atoms with Crippen LogP contribution in [0.3, 0.4) is 0 Å². The zero-order valence-corrected chi connectivity index (χ0v) is 21.6. The Morgan fingerprint density at radius 2 is 1.83 bits per heavy atom. The zero-order chi connectivity index (χ0) is 26.0. The van der Waals surface area contributed by atoms with E-state index in [1.54, 1.807) is 20.4 Å². The van der Waals surface area contributed by atoms with Gasteiger partial charge in [0, 0.05) is 37.3 Å². The third-order valence-corrected chi connectivity index (χ3v) is 6.25. The van der Waals surface area contributed by atoms with Gasteiger partial charge in [0.1, 0.15) is 6.04 Å². The summed E-state index contributed by atoms with van der Waals surface area (Å²) in [5, 5.41) is 3.35. The number of ether oxygens (including phenoxy) is 2. The van der Waals surface area contributed by atoms with Crippen LogP contribution in [-0.4, -0.2) is 82.7 Å². The molecule has 1 aromatic carbocycles. The van der Waals surface area contributed by atoms with Gasteiger partial charge in [0.2, 0.25) is 11.9 Å². The van der Waals surface area contributed by atoms with Gasteiger partial charge in [-0.25, -0.2) is 9.97 Å². The fourth-order valence-corrected chi connectivity index (χ4v) is 4.70. The molecule has 0 saturated carbocycles. The van der Waals surface area contributed by atoms with E-state index in [-0.39, 0.29) is 23.9 Å². The third-order valence-electron chi connectivity index (χ3n) is 6.25. The molecule has 11 nitrogen and oxygen atoms in total. The van der Waals surface area contributed by atoms with Gasteiger partial charge in [0.25, 0.3) is 0 Å². The van der Waals surface area contributed by atoms with E-state index < -0.39 is 6.04 Å². The summed E-state index contributed by atoms with van der Waals surface area (Å²) in [6.45, 7) is 9.85. The Morgan fingerprint density at radius 1 is 1.11 bits per heavy atom. The molecule has 3 aromatic rings. The number of aromatic nitrogens is 4. The van der Waals surface area contributed by atoms with Gasteiger partial charge < -0.3 is 30.3 Å². The average molecular weight is 495 g/mol. The molecule has 0 aliphatic carbocycles. The molecule has 1 fully saturated rings. The maximum atomic E-state index is 13.7. The summed E-state index contributed by atoms with van der Waals surface area (Å²) in [5.41, 5.74) is 8.33. The van der Waals surface area contributed by atoms with Crippen LogP contribution < -0.4 is 25.4 Å². The van der Waals surface area contributed by atoms with Crippen molar-refractivity contribution < 1.29 is 14.3 Å². The van der Waals surface area contributed by atoms with E-state index in [1.807, 2.05) is 55.7 Å². The number of anilines is 2. The highest BCUT2D eigenvalue weighted by Crippen LogP contribution is 2.33. The normalized spacial score (nSPS) is 16.0. The molecule has 3 heterocycles. The van der Waals surface area contributed by atoms with E-state index in [9.17, 15) is 4.79 Å². The first-order chi connectivity index (χ1) is 17.2. The van der Waals surface area contributed by atoms with Crippen LogP contribution in [0, 0.1) is 0 Å². The minimum Gasteiger partial charge on any atom is -0.493 e. The third kappa shape index (κ3) is 4.83. The Hall–Kier alpha value is -3.73. The van der Waals surface area contributed by atoms with Crippen LogP contribution in [0.1, 0.15) is 27.7 Å². The number of fused-ring (bicyclic) bond motifs is 1. The van der Waals surface area contributed by atoms with Gasteiger partial charge in [-0.15, -0.1) is 0 Å². The van der Waals surface area contributed by atoms with E-state index in [0.717, 1.165) is 5.56 Å². The smallest absolute Gasteiger partial charge is 0.247 e. The Morgan fingerprint density at radius 3 is 2.50 bits per heavy atom. The van der Waals surface area contributed by atoms with Gasteiger partial charge in [0.05, 0.1) is 26.1 Å². The van der Waals surface area contributed by atoms with Gasteiger partial charge >= 0.3 is 0 Å². The summed E-state index contributed by atoms with van der Waals surface area (Å²) < 4.78 is 10.8. The van der Waals surface area contributed by atoms with Gasteiger partial charge in [0.15, 0.2) is 28.5 Å². The Kier molecular flexibility index (Phi) is 7.39. The molecule has 11 heteroatoms. The van der Waals surface area contributed by atoms with Crippen LogP contribution in [0.4, 0.5) is 11.8 Å². The maximum absolute atomic E-state index is 13.7. The molecule has 0 bridgehead atoms. The van der Waals surface area contributed by atoms with Crippen molar-refractivity contribution >= 4 is 28.8 Å². The number of nitrogens with one attached hydrogen (secondary N) is 1. The molecule has 1 aliphatic heterocycles. The van der Waals surface area contributed by atoms with Crippen LogP contribution in [0.25, 0.3) is 22.4 Å². The SMILES string of the molecule is COc1ccc(-c2cnc3nc(N)nc(N4CCNCC4C(=O)N(C(C)C)C(C)C)c3n2)cc1OC. The Bertz CT molecular complexity index is 1240. The highest BCUT2D eigenvalue weighted by molar-refractivity contribution is 5.91. The predicted molar refractivity (Wildman–Crippen MR) is 139 cm³/mol. The number of benzene rings is 1. The number of methoxy groups -OCH3 is 2. The number of hydrogen-bond acceptors (Lipinski definition) is 10. The highest BCUT2D eigenvalue weighted by atomic mass is 16.5. The molecule has 1 unspecified atom stereocenters. The van der Waals surface area contributed by atoms with Crippen LogP contribution in [0.15, 0.2) is 24.4 Å². The van der Waals surface area contributed by atoms with Crippen molar-refractivity contribution in [3.8, 4) is 22.8 Å². The minimum atomic E-state index is -0.465. The molecule has 0 spiro atoms. The molecule has 192 valence electrons. The van der Waals surface area contributed by atoms with Crippen molar-refractivity contribution in [1.29, 1.82) is 0 Å². The molecule has 0 radical (unpaired) electrons. The second-order valence-electron chi connectivity index (χ2n) is 9.25. The number of nitrogens with zero attached hydrogens (tertiary/aromatic N) is 6. The van der Waals surface area contributed by atoms with Crippen molar-refractivity contribution in [2.45, 2.75) is 45.8 Å². The maximum Gasteiger partial charge on any atom is 0.247 e. The molecule has 1 amide bonds. The summed E-state index contributed by atoms with van der Waals surface area (Å²) in [6.07, 6.45) is 1.64. The molecule has 3 N–H and O–H groups in total. The zero-order valence-electron chi connectivity index (χ0n) is 21.6. The van der Waals surface area contributed by atoms with Crippen molar-refractivity contribution in [3.63, 3.8) is 0 Å².